The molecular formula is C27H19Cl2FN2O4S. The van der Waals surface area contributed by atoms with Gasteiger partial charge in [-0.05, 0) is 54.4 Å². The smallest absolute Gasteiger partial charge is 0.301 e. The average Bonchev–Trinajstić information content (AvgIpc) is 3.41. The maximum atomic E-state index is 13.8. The number of carbonyl (C=O) groups is 2. The first-order valence-corrected chi connectivity index (χ1v) is 12.9. The summed E-state index contributed by atoms with van der Waals surface area (Å²) in [6.45, 7) is 2.45. The standard InChI is InChI=1S/C27H19Cl2FN2O4S/c1-2-10-36-17-5-3-4-15(11-17)24(33)22-23(14-6-8-18(28)19(29)12-14)32(26(35)25(22)34)27-31-20-9-7-16(30)13-21(20)37-27/h3-9,11-13,23,33H,2,10H2,1H3/b24-22+. The number of halogens is 3. The van der Waals surface area contributed by atoms with E-state index in [-0.39, 0.29) is 21.5 Å². The summed E-state index contributed by atoms with van der Waals surface area (Å²) in [5.74, 6) is -2.07. The lowest BCUT2D eigenvalue weighted by Gasteiger charge is -2.23. The second-order valence-electron chi connectivity index (χ2n) is 8.33. The topological polar surface area (TPSA) is 79.7 Å². The highest BCUT2D eigenvalue weighted by Gasteiger charge is 2.48. The lowest BCUT2D eigenvalue weighted by atomic mass is 9.95. The Balaban J connectivity index is 1.70. The summed E-state index contributed by atoms with van der Waals surface area (Å²) in [7, 11) is 0. The maximum Gasteiger partial charge on any atom is 0.301 e. The number of thiazole rings is 1. The average molecular weight is 557 g/mol. The number of nitrogens with zero attached hydrogens (tertiary/aromatic N) is 2. The van der Waals surface area contributed by atoms with Gasteiger partial charge in [-0.25, -0.2) is 9.37 Å². The minimum atomic E-state index is -1.06. The van der Waals surface area contributed by atoms with Gasteiger partial charge in [0.15, 0.2) is 5.13 Å². The van der Waals surface area contributed by atoms with Gasteiger partial charge >= 0.3 is 5.91 Å². The fraction of sp³-hybridized carbons (Fsp3) is 0.148. The Labute approximate surface area is 225 Å². The largest absolute Gasteiger partial charge is 0.507 e. The molecule has 37 heavy (non-hydrogen) atoms. The lowest BCUT2D eigenvalue weighted by Crippen LogP contribution is -2.29. The molecule has 1 aliphatic rings. The number of rotatable bonds is 6. The molecule has 1 saturated heterocycles. The number of aromatic nitrogens is 1. The predicted octanol–water partition coefficient (Wildman–Crippen LogP) is 7.16. The second-order valence-corrected chi connectivity index (χ2v) is 10.2. The summed E-state index contributed by atoms with van der Waals surface area (Å²) in [4.78, 5) is 32.4. The molecule has 10 heteroatoms. The van der Waals surface area contributed by atoms with E-state index in [4.69, 9.17) is 27.9 Å². The monoisotopic (exact) mass is 556 g/mol. The molecule has 0 aliphatic carbocycles. The van der Waals surface area contributed by atoms with Gasteiger partial charge in [-0.1, -0.05) is 59.7 Å². The van der Waals surface area contributed by atoms with Crippen LogP contribution in [-0.2, 0) is 9.59 Å². The van der Waals surface area contributed by atoms with E-state index in [2.05, 4.69) is 4.98 Å². The van der Waals surface area contributed by atoms with Gasteiger partial charge in [0.25, 0.3) is 5.78 Å². The fourth-order valence-electron chi connectivity index (χ4n) is 4.13. The summed E-state index contributed by atoms with van der Waals surface area (Å²) >= 11 is 13.5. The van der Waals surface area contributed by atoms with Crippen LogP contribution in [0.3, 0.4) is 0 Å². The molecule has 3 aromatic carbocycles. The number of Topliss-reactive ketones (excluding diaryl/α,β-unsaturated/α-hetero) is 1. The summed E-state index contributed by atoms with van der Waals surface area (Å²) in [5.41, 5.74) is 1.08. The van der Waals surface area contributed by atoms with Crippen LogP contribution in [0, 0.1) is 5.82 Å². The number of anilines is 1. The van der Waals surface area contributed by atoms with Crippen molar-refractivity contribution in [1.82, 2.24) is 4.98 Å². The van der Waals surface area contributed by atoms with E-state index in [1.807, 2.05) is 6.92 Å². The van der Waals surface area contributed by atoms with Crippen molar-refractivity contribution in [3.63, 3.8) is 0 Å². The number of ether oxygens (including phenoxy) is 1. The summed E-state index contributed by atoms with van der Waals surface area (Å²) < 4.78 is 20.0. The van der Waals surface area contributed by atoms with Crippen LogP contribution in [-0.4, -0.2) is 28.4 Å². The van der Waals surface area contributed by atoms with Crippen molar-refractivity contribution in [1.29, 1.82) is 0 Å². The van der Waals surface area contributed by atoms with Gasteiger partial charge in [-0.15, -0.1) is 0 Å². The highest BCUT2D eigenvalue weighted by Crippen LogP contribution is 2.45. The van der Waals surface area contributed by atoms with Crippen molar-refractivity contribution in [3.8, 4) is 5.75 Å². The molecule has 5 rings (SSSR count). The third kappa shape index (κ3) is 4.68. The zero-order chi connectivity index (χ0) is 26.3. The molecule has 1 aromatic heterocycles. The molecular weight excluding hydrogens is 538 g/mol. The van der Waals surface area contributed by atoms with Crippen LogP contribution in [0.1, 0.15) is 30.5 Å². The Bertz CT molecular complexity index is 1590. The minimum absolute atomic E-state index is 0.138. The molecule has 1 unspecified atom stereocenters. The Hall–Kier alpha value is -3.46. The Kier molecular flexibility index (Phi) is 6.90. The molecule has 4 aromatic rings. The fourth-order valence-corrected chi connectivity index (χ4v) is 5.45. The van der Waals surface area contributed by atoms with Crippen LogP contribution >= 0.6 is 34.5 Å². The molecule has 0 radical (unpaired) electrons. The van der Waals surface area contributed by atoms with Gasteiger partial charge in [0.2, 0.25) is 0 Å². The van der Waals surface area contributed by atoms with Crippen molar-refractivity contribution in [2.75, 3.05) is 11.5 Å². The van der Waals surface area contributed by atoms with Gasteiger partial charge in [-0.2, -0.15) is 0 Å². The zero-order valence-electron chi connectivity index (χ0n) is 19.4. The van der Waals surface area contributed by atoms with Crippen LogP contribution in [0.4, 0.5) is 9.52 Å². The van der Waals surface area contributed by atoms with Gasteiger partial charge in [0.1, 0.15) is 17.3 Å². The third-order valence-electron chi connectivity index (χ3n) is 5.83. The first-order chi connectivity index (χ1) is 17.8. The zero-order valence-corrected chi connectivity index (χ0v) is 21.7. The van der Waals surface area contributed by atoms with Crippen LogP contribution < -0.4 is 9.64 Å². The van der Waals surface area contributed by atoms with Gasteiger partial charge in [0.05, 0.1) is 38.5 Å². The SMILES string of the molecule is CCCOc1cccc(/C(O)=C2\C(=O)C(=O)N(c3nc4ccc(F)cc4s3)C2c2ccc(Cl)c(Cl)c2)c1. The molecule has 1 fully saturated rings. The number of benzene rings is 3. The first kappa shape index (κ1) is 25.2. The molecule has 1 N–H and O–H groups in total. The number of ketones is 1. The van der Waals surface area contributed by atoms with Crippen LogP contribution in [0.15, 0.2) is 66.2 Å². The molecule has 0 bridgehead atoms. The molecule has 1 atom stereocenters. The van der Waals surface area contributed by atoms with E-state index >= 15 is 0 Å². The normalized spacial score (nSPS) is 17.1. The van der Waals surface area contributed by atoms with Gasteiger partial charge < -0.3 is 9.84 Å². The number of carbonyl (C=O) groups excluding carboxylic acids is 2. The third-order valence-corrected chi connectivity index (χ3v) is 7.59. The van der Waals surface area contributed by atoms with E-state index < -0.39 is 23.5 Å². The van der Waals surface area contributed by atoms with Crippen molar-refractivity contribution in [2.24, 2.45) is 0 Å². The molecule has 0 spiro atoms. The number of aliphatic hydroxyl groups is 1. The van der Waals surface area contributed by atoms with E-state index in [0.29, 0.717) is 38.7 Å². The molecule has 6 nitrogen and oxygen atoms in total. The second kappa shape index (κ2) is 10.1. The Morgan fingerprint density at radius 3 is 2.68 bits per heavy atom. The molecule has 2 heterocycles. The first-order valence-electron chi connectivity index (χ1n) is 11.3. The predicted molar refractivity (Wildman–Crippen MR) is 143 cm³/mol. The number of fused-ring (bicyclic) bond motifs is 1. The number of hydrogen-bond acceptors (Lipinski definition) is 6. The van der Waals surface area contributed by atoms with Crippen LogP contribution in [0.5, 0.6) is 5.75 Å². The maximum absolute atomic E-state index is 13.8. The van der Waals surface area contributed by atoms with Gasteiger partial charge in [-0.3, -0.25) is 14.5 Å². The van der Waals surface area contributed by atoms with Crippen LogP contribution in [0.2, 0.25) is 10.0 Å². The van der Waals surface area contributed by atoms with Crippen molar-refractivity contribution in [3.05, 3.63) is 93.2 Å². The lowest BCUT2D eigenvalue weighted by molar-refractivity contribution is -0.132. The molecule has 1 aliphatic heterocycles. The summed E-state index contributed by atoms with van der Waals surface area (Å²) in [5, 5.41) is 12.0. The molecule has 1 amide bonds. The van der Waals surface area contributed by atoms with Crippen molar-refractivity contribution in [2.45, 2.75) is 19.4 Å². The number of amides is 1. The molecule has 0 saturated carbocycles. The van der Waals surface area contributed by atoms with E-state index in [0.717, 1.165) is 17.8 Å². The Morgan fingerprint density at radius 1 is 1.11 bits per heavy atom. The quantitative estimate of drug-likeness (QED) is 0.155. The summed E-state index contributed by atoms with van der Waals surface area (Å²) in [6.07, 6.45) is 0.796. The van der Waals surface area contributed by atoms with Crippen molar-refractivity contribution >= 4 is 67.3 Å². The number of aliphatic hydroxyl groups excluding tert-OH is 1. The number of hydrogen-bond donors (Lipinski definition) is 1. The van der Waals surface area contributed by atoms with E-state index in [9.17, 15) is 19.1 Å². The Morgan fingerprint density at radius 2 is 1.92 bits per heavy atom. The summed E-state index contributed by atoms with van der Waals surface area (Å²) in [6, 6.07) is 14.4. The highest BCUT2D eigenvalue weighted by atomic mass is 35.5. The van der Waals surface area contributed by atoms with E-state index in [1.165, 1.54) is 29.2 Å². The van der Waals surface area contributed by atoms with E-state index in [1.54, 1.807) is 36.4 Å². The molecule has 188 valence electrons. The highest BCUT2D eigenvalue weighted by molar-refractivity contribution is 7.22. The minimum Gasteiger partial charge on any atom is -0.507 e. The van der Waals surface area contributed by atoms with Gasteiger partial charge in [0, 0.05) is 5.56 Å². The van der Waals surface area contributed by atoms with Crippen molar-refractivity contribution < 1.29 is 23.8 Å². The van der Waals surface area contributed by atoms with Crippen LogP contribution in [0.25, 0.3) is 16.0 Å².